The maximum atomic E-state index is 13.6. The zero-order valence-electron chi connectivity index (χ0n) is 11.2. The minimum Gasteiger partial charge on any atom is -0.369 e. The number of nitrogen functional groups attached to an aromatic ring is 1. The summed E-state index contributed by atoms with van der Waals surface area (Å²) in [6, 6.07) is 5.22. The molecule has 2 rings (SSSR count). The van der Waals surface area contributed by atoms with Gasteiger partial charge < -0.3 is 10.3 Å². The molecule has 1 atom stereocenters. The molecule has 0 fully saturated rings. The molecule has 0 saturated carbocycles. The number of anilines is 1. The molecule has 0 bridgehead atoms. The molecule has 1 aromatic heterocycles. The van der Waals surface area contributed by atoms with E-state index < -0.39 is 0 Å². The van der Waals surface area contributed by atoms with Crippen LogP contribution >= 0.6 is 0 Å². The highest BCUT2D eigenvalue weighted by Crippen LogP contribution is 2.27. The van der Waals surface area contributed by atoms with Gasteiger partial charge in [-0.05, 0) is 37.8 Å². The molecule has 0 saturated heterocycles. The van der Waals surface area contributed by atoms with Gasteiger partial charge in [0.05, 0.1) is 5.52 Å². The zero-order chi connectivity index (χ0) is 13.3. The van der Waals surface area contributed by atoms with Crippen molar-refractivity contribution in [3.05, 3.63) is 24.0 Å². The van der Waals surface area contributed by atoms with Crippen molar-refractivity contribution < 1.29 is 4.39 Å². The second-order valence-corrected chi connectivity index (χ2v) is 5.27. The van der Waals surface area contributed by atoms with Crippen molar-refractivity contribution in [1.29, 1.82) is 0 Å². The largest absolute Gasteiger partial charge is 0.369 e. The summed E-state index contributed by atoms with van der Waals surface area (Å²) in [7, 11) is 0. The summed E-state index contributed by atoms with van der Waals surface area (Å²) in [5.41, 5.74) is 7.06. The molecule has 98 valence electrons. The summed E-state index contributed by atoms with van der Waals surface area (Å²) in [5.74, 6) is 0.737. The van der Waals surface area contributed by atoms with Crippen LogP contribution in [0.15, 0.2) is 18.2 Å². The molecule has 4 heteroatoms. The van der Waals surface area contributed by atoms with E-state index >= 15 is 0 Å². The van der Waals surface area contributed by atoms with Crippen LogP contribution < -0.4 is 5.73 Å². The monoisotopic (exact) mass is 249 g/mol. The van der Waals surface area contributed by atoms with Crippen molar-refractivity contribution in [2.45, 2.75) is 39.7 Å². The van der Waals surface area contributed by atoms with E-state index in [0.29, 0.717) is 17.4 Å². The third kappa shape index (κ3) is 2.33. The SMILES string of the molecule is CC(C)CCC(C)n1c(N)nc2c(F)cccc21. The number of hydrogen-bond acceptors (Lipinski definition) is 2. The van der Waals surface area contributed by atoms with E-state index in [1.54, 1.807) is 6.07 Å². The molecular weight excluding hydrogens is 229 g/mol. The van der Waals surface area contributed by atoms with Crippen molar-refractivity contribution in [3.8, 4) is 0 Å². The normalized spacial score (nSPS) is 13.4. The van der Waals surface area contributed by atoms with E-state index in [2.05, 4.69) is 25.8 Å². The topological polar surface area (TPSA) is 43.8 Å². The maximum absolute atomic E-state index is 13.6. The standard InChI is InChI=1S/C14H20FN3/c1-9(2)7-8-10(3)18-12-6-4-5-11(15)13(12)17-14(18)16/h4-6,9-10H,7-8H2,1-3H3,(H2,16,17). The minimum absolute atomic E-state index is 0.235. The van der Waals surface area contributed by atoms with E-state index in [0.717, 1.165) is 18.4 Å². The van der Waals surface area contributed by atoms with E-state index in [1.807, 2.05) is 10.6 Å². The Morgan fingerprint density at radius 3 is 2.67 bits per heavy atom. The lowest BCUT2D eigenvalue weighted by molar-refractivity contribution is 0.450. The minimum atomic E-state index is -0.311. The number of imidazole rings is 1. The first kappa shape index (κ1) is 12.9. The number of rotatable bonds is 4. The fraction of sp³-hybridized carbons (Fsp3) is 0.500. The number of halogens is 1. The van der Waals surface area contributed by atoms with Crippen LogP contribution in [0.1, 0.15) is 39.7 Å². The van der Waals surface area contributed by atoms with E-state index in [1.165, 1.54) is 6.07 Å². The molecule has 0 spiro atoms. The van der Waals surface area contributed by atoms with Gasteiger partial charge in [0.15, 0.2) is 5.82 Å². The second kappa shape index (κ2) is 4.96. The molecule has 1 heterocycles. The number of hydrogen-bond donors (Lipinski definition) is 1. The van der Waals surface area contributed by atoms with Gasteiger partial charge in [-0.1, -0.05) is 19.9 Å². The number of fused-ring (bicyclic) bond motifs is 1. The van der Waals surface area contributed by atoms with Crippen molar-refractivity contribution in [3.63, 3.8) is 0 Å². The summed E-state index contributed by atoms with van der Waals surface area (Å²) in [6.45, 7) is 6.49. The Labute approximate surface area is 107 Å². The Bertz CT molecular complexity index is 545. The fourth-order valence-corrected chi connectivity index (χ4v) is 2.27. The predicted octanol–water partition coefficient (Wildman–Crippen LogP) is 3.75. The average molecular weight is 249 g/mol. The van der Waals surface area contributed by atoms with Crippen molar-refractivity contribution >= 4 is 17.0 Å². The molecular formula is C14H20FN3. The molecule has 0 amide bonds. The number of aromatic nitrogens is 2. The highest BCUT2D eigenvalue weighted by atomic mass is 19.1. The lowest BCUT2D eigenvalue weighted by Gasteiger charge is -2.17. The van der Waals surface area contributed by atoms with Crippen LogP contribution in [-0.2, 0) is 0 Å². The third-order valence-corrected chi connectivity index (χ3v) is 3.30. The van der Waals surface area contributed by atoms with Crippen LogP contribution in [0.25, 0.3) is 11.0 Å². The molecule has 18 heavy (non-hydrogen) atoms. The van der Waals surface area contributed by atoms with Gasteiger partial charge in [0.2, 0.25) is 5.95 Å². The van der Waals surface area contributed by atoms with E-state index in [4.69, 9.17) is 5.73 Å². The molecule has 2 aromatic rings. The molecule has 0 aliphatic rings. The molecule has 1 unspecified atom stereocenters. The van der Waals surface area contributed by atoms with Gasteiger partial charge in [-0.15, -0.1) is 0 Å². The van der Waals surface area contributed by atoms with Crippen LogP contribution in [0.2, 0.25) is 0 Å². The van der Waals surface area contributed by atoms with Crippen LogP contribution in [0, 0.1) is 11.7 Å². The highest BCUT2D eigenvalue weighted by Gasteiger charge is 2.16. The first-order valence-electron chi connectivity index (χ1n) is 6.42. The van der Waals surface area contributed by atoms with E-state index in [9.17, 15) is 4.39 Å². The number of para-hydroxylation sites is 1. The molecule has 0 aliphatic heterocycles. The number of benzene rings is 1. The first-order chi connectivity index (χ1) is 8.50. The third-order valence-electron chi connectivity index (χ3n) is 3.30. The summed E-state index contributed by atoms with van der Waals surface area (Å²) >= 11 is 0. The van der Waals surface area contributed by atoms with Crippen LogP contribution in [0.5, 0.6) is 0 Å². The van der Waals surface area contributed by atoms with Gasteiger partial charge in [0.25, 0.3) is 0 Å². The fourth-order valence-electron chi connectivity index (χ4n) is 2.27. The van der Waals surface area contributed by atoms with Gasteiger partial charge in [-0.3, -0.25) is 0 Å². The molecule has 0 aliphatic carbocycles. The quantitative estimate of drug-likeness (QED) is 0.896. The summed E-state index contributed by atoms with van der Waals surface area (Å²) in [5, 5.41) is 0. The van der Waals surface area contributed by atoms with Crippen molar-refractivity contribution in [2.24, 2.45) is 5.92 Å². The Morgan fingerprint density at radius 1 is 1.28 bits per heavy atom. The van der Waals surface area contributed by atoms with Crippen molar-refractivity contribution in [1.82, 2.24) is 9.55 Å². The van der Waals surface area contributed by atoms with E-state index in [-0.39, 0.29) is 11.9 Å². The number of nitrogens with zero attached hydrogens (tertiary/aromatic N) is 2. The molecule has 3 nitrogen and oxygen atoms in total. The first-order valence-corrected chi connectivity index (χ1v) is 6.42. The average Bonchev–Trinajstić information content (AvgIpc) is 2.64. The second-order valence-electron chi connectivity index (χ2n) is 5.27. The molecule has 0 radical (unpaired) electrons. The maximum Gasteiger partial charge on any atom is 0.201 e. The summed E-state index contributed by atoms with van der Waals surface area (Å²) in [6.07, 6.45) is 2.14. The van der Waals surface area contributed by atoms with Crippen LogP contribution in [0.3, 0.4) is 0 Å². The van der Waals surface area contributed by atoms with Gasteiger partial charge >= 0.3 is 0 Å². The smallest absolute Gasteiger partial charge is 0.201 e. The molecule has 1 aromatic carbocycles. The Kier molecular flexibility index (Phi) is 3.55. The van der Waals surface area contributed by atoms with Gasteiger partial charge in [-0.2, -0.15) is 0 Å². The van der Waals surface area contributed by atoms with Crippen LogP contribution in [0.4, 0.5) is 10.3 Å². The highest BCUT2D eigenvalue weighted by molar-refractivity contribution is 5.79. The summed E-state index contributed by atoms with van der Waals surface area (Å²) in [4.78, 5) is 4.13. The lowest BCUT2D eigenvalue weighted by Crippen LogP contribution is -2.09. The Hall–Kier alpha value is -1.58. The van der Waals surface area contributed by atoms with Gasteiger partial charge in [0, 0.05) is 6.04 Å². The van der Waals surface area contributed by atoms with Gasteiger partial charge in [-0.25, -0.2) is 9.37 Å². The van der Waals surface area contributed by atoms with Crippen molar-refractivity contribution in [2.75, 3.05) is 5.73 Å². The lowest BCUT2D eigenvalue weighted by atomic mass is 10.0. The molecule has 2 N–H and O–H groups in total. The zero-order valence-corrected chi connectivity index (χ0v) is 11.2. The summed E-state index contributed by atoms with van der Waals surface area (Å²) < 4.78 is 15.6. The Morgan fingerprint density at radius 2 is 2.00 bits per heavy atom. The van der Waals surface area contributed by atoms with Gasteiger partial charge in [0.1, 0.15) is 5.52 Å². The van der Waals surface area contributed by atoms with Crippen LogP contribution in [-0.4, -0.2) is 9.55 Å². The number of nitrogens with two attached hydrogens (primary N) is 1. The Balaban J connectivity index is 2.38. The predicted molar refractivity (Wildman–Crippen MR) is 72.9 cm³/mol.